The van der Waals surface area contributed by atoms with Gasteiger partial charge in [0.25, 0.3) is 0 Å². The van der Waals surface area contributed by atoms with Crippen LogP contribution in [0.4, 0.5) is 14.9 Å². The van der Waals surface area contributed by atoms with Crippen molar-refractivity contribution in [2.24, 2.45) is 5.92 Å². The predicted octanol–water partition coefficient (Wildman–Crippen LogP) is 3.35. The van der Waals surface area contributed by atoms with Crippen LogP contribution in [0.3, 0.4) is 0 Å². The highest BCUT2D eigenvalue weighted by molar-refractivity contribution is 5.89. The lowest BCUT2D eigenvalue weighted by Crippen LogP contribution is -2.49. The van der Waals surface area contributed by atoms with Crippen molar-refractivity contribution >= 4 is 11.7 Å². The van der Waals surface area contributed by atoms with E-state index in [1.54, 1.807) is 18.3 Å². The largest absolute Gasteiger partial charge is 0.322 e. The van der Waals surface area contributed by atoms with E-state index in [4.69, 9.17) is 0 Å². The molecule has 26 heavy (non-hydrogen) atoms. The van der Waals surface area contributed by atoms with Gasteiger partial charge in [0.05, 0.1) is 0 Å². The van der Waals surface area contributed by atoms with E-state index >= 15 is 0 Å². The summed E-state index contributed by atoms with van der Waals surface area (Å²) in [5.41, 5.74) is 1.83. The summed E-state index contributed by atoms with van der Waals surface area (Å²) in [5, 5.41) is 2.91. The summed E-state index contributed by atoms with van der Waals surface area (Å²) in [6.45, 7) is 3.53. The second-order valence-corrected chi connectivity index (χ2v) is 7.24. The normalized spacial score (nSPS) is 22.9. The number of piperidine rings is 1. The number of hydrogen-bond donors (Lipinski definition) is 1. The lowest BCUT2D eigenvalue weighted by Gasteiger charge is -2.36. The van der Waals surface area contributed by atoms with Crippen LogP contribution in [0.1, 0.15) is 18.4 Å². The number of nitrogens with zero attached hydrogens (tertiary/aromatic N) is 3. The van der Waals surface area contributed by atoms with Crippen molar-refractivity contribution in [2.75, 3.05) is 25.0 Å². The number of urea groups is 1. The van der Waals surface area contributed by atoms with Crippen molar-refractivity contribution in [3.05, 3.63) is 60.2 Å². The molecular weight excluding hydrogens is 331 g/mol. The number of carbonyl (C=O) groups excluding carboxylic acids is 1. The molecule has 2 atom stereocenters. The lowest BCUT2D eigenvalue weighted by atomic mass is 9.95. The molecule has 2 aromatic rings. The fourth-order valence-electron chi connectivity index (χ4n) is 4.04. The molecule has 0 radical (unpaired) electrons. The van der Waals surface area contributed by atoms with Gasteiger partial charge in [-0.3, -0.25) is 9.88 Å². The van der Waals surface area contributed by atoms with E-state index in [9.17, 15) is 9.18 Å². The van der Waals surface area contributed by atoms with Gasteiger partial charge >= 0.3 is 6.03 Å². The summed E-state index contributed by atoms with van der Waals surface area (Å²) in [4.78, 5) is 21.3. The highest BCUT2D eigenvalue weighted by Crippen LogP contribution is 2.29. The Morgan fingerprint density at radius 2 is 2.00 bits per heavy atom. The van der Waals surface area contributed by atoms with E-state index < -0.39 is 0 Å². The number of fused-ring (bicyclic) bond motifs is 4. The van der Waals surface area contributed by atoms with E-state index in [0.717, 1.165) is 39.0 Å². The molecule has 3 aliphatic heterocycles. The first-order valence-electron chi connectivity index (χ1n) is 9.12. The number of aromatic nitrogens is 1. The summed E-state index contributed by atoms with van der Waals surface area (Å²) in [7, 11) is 0. The molecule has 3 saturated heterocycles. The van der Waals surface area contributed by atoms with Crippen LogP contribution in [0.15, 0.2) is 48.8 Å². The summed E-state index contributed by atoms with van der Waals surface area (Å²) >= 11 is 0. The molecule has 5 rings (SSSR count). The lowest BCUT2D eigenvalue weighted by molar-refractivity contribution is 0.151. The van der Waals surface area contributed by atoms with Gasteiger partial charge < -0.3 is 10.2 Å². The molecule has 2 amide bonds. The SMILES string of the molecule is O=C(Nc1ccc(F)cc1)N1C[C@@H]2CC[C@H]1CN(Cc1cccnc1)C2. The zero-order chi connectivity index (χ0) is 17.9. The van der Waals surface area contributed by atoms with Crippen LogP contribution in [0.25, 0.3) is 0 Å². The molecule has 1 aromatic carbocycles. The van der Waals surface area contributed by atoms with Gasteiger partial charge in [0, 0.05) is 50.3 Å². The monoisotopic (exact) mass is 354 g/mol. The average Bonchev–Trinajstić information content (AvgIpc) is 2.95. The maximum Gasteiger partial charge on any atom is 0.322 e. The summed E-state index contributed by atoms with van der Waals surface area (Å²) in [6.07, 6.45) is 5.89. The Balaban J connectivity index is 1.42. The van der Waals surface area contributed by atoms with Gasteiger partial charge in [-0.05, 0) is 54.7 Å². The van der Waals surface area contributed by atoms with Crippen molar-refractivity contribution in [1.29, 1.82) is 0 Å². The maximum atomic E-state index is 13.0. The Labute approximate surface area is 152 Å². The molecular formula is C20H23FN4O. The predicted molar refractivity (Wildman–Crippen MR) is 98.2 cm³/mol. The Morgan fingerprint density at radius 1 is 1.15 bits per heavy atom. The second kappa shape index (κ2) is 7.41. The van der Waals surface area contributed by atoms with Crippen LogP contribution in [-0.2, 0) is 6.54 Å². The number of halogens is 1. The third-order valence-electron chi connectivity index (χ3n) is 5.27. The number of anilines is 1. The minimum absolute atomic E-state index is 0.0884. The highest BCUT2D eigenvalue weighted by atomic mass is 19.1. The van der Waals surface area contributed by atoms with Gasteiger partial charge in [0.1, 0.15) is 5.82 Å². The standard InChI is InChI=1S/C20H23FN4O/c21-17-4-6-18(7-5-17)23-20(26)25-13-16-3-8-19(25)14-24(12-16)11-15-2-1-9-22-10-15/h1-2,4-7,9-10,16,19H,3,8,11-14H2,(H,23,26)/t16-,19+/m1/s1. The Kier molecular flexibility index (Phi) is 4.84. The zero-order valence-corrected chi connectivity index (χ0v) is 14.6. The third-order valence-corrected chi connectivity index (χ3v) is 5.27. The van der Waals surface area contributed by atoms with Gasteiger partial charge in [-0.1, -0.05) is 6.07 Å². The van der Waals surface area contributed by atoms with Crippen molar-refractivity contribution < 1.29 is 9.18 Å². The van der Waals surface area contributed by atoms with Crippen molar-refractivity contribution in [3.63, 3.8) is 0 Å². The van der Waals surface area contributed by atoms with Crippen molar-refractivity contribution in [3.8, 4) is 0 Å². The quantitative estimate of drug-likeness (QED) is 0.920. The number of pyridine rings is 1. The fourth-order valence-corrected chi connectivity index (χ4v) is 4.04. The molecule has 3 fully saturated rings. The molecule has 6 heteroatoms. The van der Waals surface area contributed by atoms with Gasteiger partial charge in [-0.15, -0.1) is 0 Å². The summed E-state index contributed by atoms with van der Waals surface area (Å²) in [6, 6.07) is 10.1. The van der Waals surface area contributed by atoms with Gasteiger partial charge in [0.15, 0.2) is 0 Å². The minimum atomic E-state index is -0.303. The number of nitrogens with one attached hydrogen (secondary N) is 1. The van der Waals surface area contributed by atoms with Gasteiger partial charge in [-0.25, -0.2) is 9.18 Å². The van der Waals surface area contributed by atoms with Crippen LogP contribution in [0, 0.1) is 11.7 Å². The van der Waals surface area contributed by atoms with Gasteiger partial charge in [-0.2, -0.15) is 0 Å². The Bertz CT molecular complexity index is 752. The molecule has 5 nitrogen and oxygen atoms in total. The minimum Gasteiger partial charge on any atom is -0.320 e. The first-order valence-corrected chi connectivity index (χ1v) is 9.12. The molecule has 0 aliphatic carbocycles. The maximum absolute atomic E-state index is 13.0. The van der Waals surface area contributed by atoms with E-state index in [1.165, 1.54) is 17.7 Å². The van der Waals surface area contributed by atoms with Crippen LogP contribution in [0.2, 0.25) is 0 Å². The number of hydrogen-bond acceptors (Lipinski definition) is 3. The number of rotatable bonds is 3. The van der Waals surface area contributed by atoms with Crippen LogP contribution >= 0.6 is 0 Å². The molecule has 136 valence electrons. The fraction of sp³-hybridized carbons (Fsp3) is 0.400. The van der Waals surface area contributed by atoms with E-state index in [1.807, 2.05) is 17.2 Å². The molecule has 1 aromatic heterocycles. The summed E-state index contributed by atoms with van der Waals surface area (Å²) < 4.78 is 13.0. The first kappa shape index (κ1) is 17.0. The van der Waals surface area contributed by atoms with Crippen molar-refractivity contribution in [2.45, 2.75) is 25.4 Å². The molecule has 2 bridgehead atoms. The first-order chi connectivity index (χ1) is 12.7. The Hall–Kier alpha value is -2.47. The molecule has 4 heterocycles. The smallest absolute Gasteiger partial charge is 0.320 e. The van der Waals surface area contributed by atoms with Crippen LogP contribution < -0.4 is 5.32 Å². The van der Waals surface area contributed by atoms with Crippen LogP contribution in [-0.4, -0.2) is 46.5 Å². The molecule has 0 unspecified atom stereocenters. The molecule has 0 spiro atoms. The highest BCUT2D eigenvalue weighted by Gasteiger charge is 2.37. The average molecular weight is 354 g/mol. The molecule has 1 N–H and O–H groups in total. The second-order valence-electron chi connectivity index (χ2n) is 7.24. The zero-order valence-electron chi connectivity index (χ0n) is 14.6. The number of amides is 2. The van der Waals surface area contributed by atoms with Crippen LogP contribution in [0.5, 0.6) is 0 Å². The van der Waals surface area contributed by atoms with E-state index in [2.05, 4.69) is 21.3 Å². The summed E-state index contributed by atoms with van der Waals surface area (Å²) in [5.74, 6) is 0.187. The van der Waals surface area contributed by atoms with E-state index in [-0.39, 0.29) is 17.9 Å². The Morgan fingerprint density at radius 3 is 2.77 bits per heavy atom. The van der Waals surface area contributed by atoms with Gasteiger partial charge in [0.2, 0.25) is 0 Å². The van der Waals surface area contributed by atoms with Crippen molar-refractivity contribution in [1.82, 2.24) is 14.8 Å². The molecule has 0 saturated carbocycles. The third kappa shape index (κ3) is 3.85. The van der Waals surface area contributed by atoms with E-state index in [0.29, 0.717) is 11.6 Å². The topological polar surface area (TPSA) is 48.5 Å². The number of carbonyl (C=O) groups is 1. The molecule has 3 aliphatic rings. The number of benzene rings is 1.